The number of likely N-dealkylation sites (tertiary alicyclic amines) is 1. The minimum Gasteiger partial charge on any atom is -0.484 e. The monoisotopic (exact) mass is 576 g/mol. The smallest absolute Gasteiger partial charge is 0.484 e. The van der Waals surface area contributed by atoms with Crippen molar-refractivity contribution in [2.45, 2.75) is 94.6 Å². The first kappa shape index (κ1) is 29.0. The normalized spacial score (nSPS) is 25.2. The van der Waals surface area contributed by atoms with Crippen LogP contribution in [0, 0.1) is 22.7 Å². The number of benzene rings is 1. The second-order valence-electron chi connectivity index (χ2n) is 12.0. The molecule has 2 heterocycles. The van der Waals surface area contributed by atoms with Crippen LogP contribution in [0.4, 0.5) is 13.2 Å². The summed E-state index contributed by atoms with van der Waals surface area (Å²) in [4.78, 5) is 41.0. The molecular weight excluding hydrogens is 541 g/mol. The van der Waals surface area contributed by atoms with Crippen LogP contribution in [0.25, 0.3) is 0 Å². The van der Waals surface area contributed by atoms with Crippen molar-refractivity contribution < 1.29 is 37.0 Å². The van der Waals surface area contributed by atoms with Gasteiger partial charge in [-0.25, -0.2) is 0 Å². The third-order valence-corrected chi connectivity index (χ3v) is 9.04. The van der Waals surface area contributed by atoms with Gasteiger partial charge in [-0.3, -0.25) is 14.4 Å². The lowest BCUT2D eigenvalue weighted by Crippen LogP contribution is -2.51. The summed E-state index contributed by atoms with van der Waals surface area (Å²) in [5.41, 5.74) is -0.241. The summed E-state index contributed by atoms with van der Waals surface area (Å²) in [5, 5.41) is 15.7. The maximum Gasteiger partial charge on any atom is 0.573 e. The fourth-order valence-electron chi connectivity index (χ4n) is 6.64. The van der Waals surface area contributed by atoms with E-state index in [9.17, 15) is 32.8 Å². The number of ether oxygens (including phenoxy) is 2. The number of carbonyl (C=O) groups excluding carboxylic acids is 3. The van der Waals surface area contributed by atoms with Crippen LogP contribution in [0.5, 0.6) is 11.5 Å². The molecule has 2 spiro atoms. The van der Waals surface area contributed by atoms with Gasteiger partial charge in [0.25, 0.3) is 5.91 Å². The van der Waals surface area contributed by atoms with E-state index >= 15 is 0 Å². The van der Waals surface area contributed by atoms with Gasteiger partial charge < -0.3 is 25.0 Å². The first-order valence-corrected chi connectivity index (χ1v) is 14.3. The van der Waals surface area contributed by atoms with Gasteiger partial charge in [-0.15, -0.1) is 13.2 Å². The number of nitrogens with one attached hydrogen (secondary N) is 2. The highest BCUT2D eigenvalue weighted by Crippen LogP contribution is 2.47. The molecule has 4 fully saturated rings. The molecule has 0 unspecified atom stereocenters. The summed E-state index contributed by atoms with van der Waals surface area (Å²) in [7, 11) is 0. The van der Waals surface area contributed by atoms with Crippen LogP contribution in [0.2, 0.25) is 0 Å². The van der Waals surface area contributed by atoms with E-state index in [-0.39, 0.29) is 34.9 Å². The van der Waals surface area contributed by atoms with E-state index in [0.29, 0.717) is 19.4 Å². The van der Waals surface area contributed by atoms with E-state index in [1.54, 1.807) is 0 Å². The summed E-state index contributed by atoms with van der Waals surface area (Å²) >= 11 is 0. The topological polar surface area (TPSA) is 121 Å². The molecule has 2 aliphatic heterocycles. The maximum atomic E-state index is 13.5. The summed E-state index contributed by atoms with van der Waals surface area (Å²) < 4.78 is 46.7. The second-order valence-corrected chi connectivity index (χ2v) is 12.0. The zero-order chi connectivity index (χ0) is 29.3. The molecule has 12 heteroatoms. The van der Waals surface area contributed by atoms with Crippen molar-refractivity contribution in [2.24, 2.45) is 11.3 Å². The molecule has 2 saturated carbocycles. The molecule has 222 valence electrons. The Morgan fingerprint density at radius 1 is 1.10 bits per heavy atom. The van der Waals surface area contributed by atoms with Crippen molar-refractivity contribution in [3.63, 3.8) is 0 Å². The van der Waals surface area contributed by atoms with Crippen molar-refractivity contribution >= 4 is 17.7 Å². The largest absolute Gasteiger partial charge is 0.573 e. The van der Waals surface area contributed by atoms with Gasteiger partial charge in [0.2, 0.25) is 11.8 Å². The molecule has 1 aromatic carbocycles. The molecule has 0 aromatic heterocycles. The standard InChI is InChI=1S/C29H35F3N4O5/c30-29(31,32)41-22-6-4-21(5-7-22)40-17-24(37)36-18-27(9-2-1-3-10-27)15-23(36)26(39)34-20(16-33)14-19-8-11-28(12-13-28)35-25(19)38/h4-7,19-20,23H,1-3,8-15,17-18H2,(H,34,39)(H,35,38)/t19-,20-,23-/m0/s1. The van der Waals surface area contributed by atoms with Gasteiger partial charge in [0, 0.05) is 18.0 Å². The van der Waals surface area contributed by atoms with Gasteiger partial charge in [0.1, 0.15) is 23.6 Å². The number of amides is 3. The van der Waals surface area contributed by atoms with Gasteiger partial charge in [0.15, 0.2) is 6.61 Å². The van der Waals surface area contributed by atoms with Crippen LogP contribution >= 0.6 is 0 Å². The Morgan fingerprint density at radius 3 is 2.39 bits per heavy atom. The number of nitrogens with zero attached hydrogens (tertiary/aromatic N) is 2. The van der Waals surface area contributed by atoms with Gasteiger partial charge >= 0.3 is 6.36 Å². The number of nitriles is 1. The average Bonchev–Trinajstić information content (AvgIpc) is 3.58. The molecular formula is C29H35F3N4O5. The molecule has 0 bridgehead atoms. The average molecular weight is 577 g/mol. The molecule has 9 nitrogen and oxygen atoms in total. The molecule has 5 rings (SSSR count). The van der Waals surface area contributed by atoms with Crippen molar-refractivity contribution in [3.8, 4) is 17.6 Å². The van der Waals surface area contributed by atoms with Crippen LogP contribution in [0.15, 0.2) is 24.3 Å². The van der Waals surface area contributed by atoms with Crippen LogP contribution in [0.3, 0.4) is 0 Å². The predicted octanol–water partition coefficient (Wildman–Crippen LogP) is 3.97. The molecule has 3 amide bonds. The van der Waals surface area contributed by atoms with E-state index in [4.69, 9.17) is 4.74 Å². The lowest BCUT2D eigenvalue weighted by molar-refractivity contribution is -0.274. The SMILES string of the molecule is N#C[C@H](C[C@@H]1CCC2(CC2)NC1=O)NC(=O)[C@@H]1CC2(CCCCC2)CN1C(=O)COc1ccc(OC(F)(F)F)cc1. The van der Waals surface area contributed by atoms with Crippen LogP contribution in [0.1, 0.15) is 70.6 Å². The highest BCUT2D eigenvalue weighted by atomic mass is 19.4. The molecule has 3 atom stereocenters. The summed E-state index contributed by atoms with van der Waals surface area (Å²) in [6.45, 7) is 0.000975. The van der Waals surface area contributed by atoms with Crippen molar-refractivity contribution in [3.05, 3.63) is 24.3 Å². The number of hydrogen-bond donors (Lipinski definition) is 2. The number of hydrogen-bond acceptors (Lipinski definition) is 6. The number of rotatable bonds is 8. The van der Waals surface area contributed by atoms with E-state index in [1.807, 2.05) is 0 Å². The maximum absolute atomic E-state index is 13.5. The Kier molecular flexibility index (Phi) is 8.08. The summed E-state index contributed by atoms with van der Waals surface area (Å²) in [6, 6.07) is 5.21. The minimum atomic E-state index is -4.81. The van der Waals surface area contributed by atoms with E-state index in [0.717, 1.165) is 63.5 Å². The highest BCUT2D eigenvalue weighted by molar-refractivity contribution is 5.89. The van der Waals surface area contributed by atoms with Crippen LogP contribution < -0.4 is 20.1 Å². The first-order chi connectivity index (χ1) is 19.5. The lowest BCUT2D eigenvalue weighted by Gasteiger charge is -2.33. The van der Waals surface area contributed by atoms with Gasteiger partial charge in [-0.1, -0.05) is 19.3 Å². The number of alkyl halides is 3. The van der Waals surface area contributed by atoms with Crippen molar-refractivity contribution in [1.82, 2.24) is 15.5 Å². The van der Waals surface area contributed by atoms with Crippen LogP contribution in [-0.4, -0.2) is 59.8 Å². The quantitative estimate of drug-likeness (QED) is 0.483. The number of halogens is 3. The molecule has 41 heavy (non-hydrogen) atoms. The summed E-state index contributed by atoms with van der Waals surface area (Å²) in [6.07, 6.45) is 4.33. The molecule has 2 N–H and O–H groups in total. The first-order valence-electron chi connectivity index (χ1n) is 14.3. The van der Waals surface area contributed by atoms with Gasteiger partial charge in [-0.05, 0) is 81.0 Å². The van der Waals surface area contributed by atoms with Crippen molar-refractivity contribution in [2.75, 3.05) is 13.2 Å². The minimum absolute atomic E-state index is 0.0566. The number of carbonyl (C=O) groups is 3. The molecule has 4 aliphatic rings. The van der Waals surface area contributed by atoms with E-state index < -0.39 is 42.6 Å². The molecule has 2 aliphatic carbocycles. The zero-order valence-corrected chi connectivity index (χ0v) is 22.8. The number of piperidine rings is 1. The lowest BCUT2D eigenvalue weighted by atomic mass is 9.72. The predicted molar refractivity (Wildman–Crippen MR) is 139 cm³/mol. The van der Waals surface area contributed by atoms with E-state index in [1.165, 1.54) is 17.0 Å². The zero-order valence-electron chi connectivity index (χ0n) is 22.8. The molecule has 0 radical (unpaired) electrons. The molecule has 1 aromatic rings. The Balaban J connectivity index is 1.21. The van der Waals surface area contributed by atoms with E-state index in [2.05, 4.69) is 21.4 Å². The Bertz CT molecular complexity index is 1190. The van der Waals surface area contributed by atoms with Gasteiger partial charge in [-0.2, -0.15) is 5.26 Å². The highest BCUT2D eigenvalue weighted by Gasteiger charge is 2.50. The van der Waals surface area contributed by atoms with Gasteiger partial charge in [0.05, 0.1) is 6.07 Å². The third kappa shape index (κ3) is 7.05. The van der Waals surface area contributed by atoms with Crippen LogP contribution in [-0.2, 0) is 14.4 Å². The Labute approximate surface area is 236 Å². The fourth-order valence-corrected chi connectivity index (χ4v) is 6.64. The second kappa shape index (κ2) is 11.4. The Morgan fingerprint density at radius 2 is 1.78 bits per heavy atom. The van der Waals surface area contributed by atoms with Crippen molar-refractivity contribution in [1.29, 1.82) is 5.26 Å². The fraction of sp³-hybridized carbons (Fsp3) is 0.655. The molecule has 2 saturated heterocycles. The third-order valence-electron chi connectivity index (χ3n) is 9.04. The summed E-state index contributed by atoms with van der Waals surface area (Å²) in [5.74, 6) is -1.48. The Hall–Kier alpha value is -3.49.